The molecule has 1 aromatic rings. The molecule has 1 aliphatic rings. The maximum Gasteiger partial charge on any atom is 0.326 e. The zero-order valence-electron chi connectivity index (χ0n) is 14.6. The first kappa shape index (κ1) is 21.1. The van der Waals surface area contributed by atoms with Crippen LogP contribution >= 0.6 is 0 Å². The van der Waals surface area contributed by atoms with Crippen molar-refractivity contribution < 1.29 is 44.6 Å². The Hall–Kier alpha value is -2.24. The van der Waals surface area contributed by atoms with E-state index in [1.165, 1.54) is 19.1 Å². The van der Waals surface area contributed by atoms with E-state index in [9.17, 15) is 24.9 Å². The summed E-state index contributed by atoms with van der Waals surface area (Å²) in [5.41, 5.74) is 0.623. The largest absolute Gasteiger partial charge is 0.480 e. The molecule has 1 fully saturated rings. The van der Waals surface area contributed by atoms with Crippen LogP contribution in [0.3, 0.4) is 0 Å². The summed E-state index contributed by atoms with van der Waals surface area (Å²) in [7, 11) is 0. The van der Waals surface area contributed by atoms with Crippen molar-refractivity contribution in [3.8, 4) is 5.75 Å². The van der Waals surface area contributed by atoms with E-state index >= 15 is 0 Å². The molecule has 6 atom stereocenters. The minimum atomic E-state index is -1.55. The molecule has 0 saturated carbocycles. The SMILES string of the molecule is CC(=O)N[C@@H](Cc1ccc(O[C@@H]2O[C@H](CO)[C@@H](O)[C@H](O)[C@H]2O)cc1)C(=O)O. The molecule has 6 N–H and O–H groups in total. The summed E-state index contributed by atoms with van der Waals surface area (Å²) < 4.78 is 10.7. The zero-order valence-corrected chi connectivity index (χ0v) is 14.6. The summed E-state index contributed by atoms with van der Waals surface area (Å²) in [6, 6.07) is 5.10. The highest BCUT2D eigenvalue weighted by Gasteiger charge is 2.44. The Morgan fingerprint density at radius 2 is 1.78 bits per heavy atom. The lowest BCUT2D eigenvalue weighted by Crippen LogP contribution is -2.60. The average molecular weight is 385 g/mol. The van der Waals surface area contributed by atoms with E-state index in [4.69, 9.17) is 19.7 Å². The quantitative estimate of drug-likeness (QED) is 0.311. The summed E-state index contributed by atoms with van der Waals surface area (Å²) in [5, 5.41) is 50.1. The van der Waals surface area contributed by atoms with Gasteiger partial charge in [-0.05, 0) is 17.7 Å². The van der Waals surface area contributed by atoms with Gasteiger partial charge in [0.25, 0.3) is 0 Å². The molecular formula is C17H23NO9. The molecule has 150 valence electrons. The first-order chi connectivity index (χ1) is 12.7. The Morgan fingerprint density at radius 3 is 2.30 bits per heavy atom. The monoisotopic (exact) mass is 385 g/mol. The molecule has 0 radical (unpaired) electrons. The van der Waals surface area contributed by atoms with Crippen molar-refractivity contribution in [3.63, 3.8) is 0 Å². The molecule has 1 amide bonds. The van der Waals surface area contributed by atoms with Gasteiger partial charge in [0, 0.05) is 13.3 Å². The number of carbonyl (C=O) groups is 2. The Morgan fingerprint density at radius 1 is 1.15 bits per heavy atom. The molecule has 1 aromatic carbocycles. The van der Waals surface area contributed by atoms with Gasteiger partial charge in [-0.3, -0.25) is 4.79 Å². The van der Waals surface area contributed by atoms with Gasteiger partial charge in [0.05, 0.1) is 6.61 Å². The van der Waals surface area contributed by atoms with Crippen molar-refractivity contribution in [1.29, 1.82) is 0 Å². The van der Waals surface area contributed by atoms with Gasteiger partial charge < -0.3 is 40.3 Å². The van der Waals surface area contributed by atoms with Crippen LogP contribution in [0.4, 0.5) is 0 Å². The molecule has 2 rings (SSSR count). The number of hydrogen-bond acceptors (Lipinski definition) is 8. The zero-order chi connectivity index (χ0) is 20.1. The summed E-state index contributed by atoms with van der Waals surface area (Å²) in [4.78, 5) is 22.2. The Balaban J connectivity index is 2.02. The van der Waals surface area contributed by atoms with Crippen LogP contribution in [0.2, 0.25) is 0 Å². The number of amides is 1. The topological polar surface area (TPSA) is 166 Å². The number of carboxylic acids is 1. The predicted octanol–water partition coefficient (Wildman–Crippen LogP) is -2.00. The number of ether oxygens (including phenoxy) is 2. The highest BCUT2D eigenvalue weighted by Crippen LogP contribution is 2.24. The number of nitrogens with one attached hydrogen (secondary N) is 1. The van der Waals surface area contributed by atoms with Crippen molar-refractivity contribution in [3.05, 3.63) is 29.8 Å². The molecule has 1 saturated heterocycles. The number of hydrogen-bond donors (Lipinski definition) is 6. The van der Waals surface area contributed by atoms with Gasteiger partial charge in [0.1, 0.15) is 36.2 Å². The molecule has 1 heterocycles. The molecule has 10 nitrogen and oxygen atoms in total. The van der Waals surface area contributed by atoms with Crippen LogP contribution in [0, 0.1) is 0 Å². The Bertz CT molecular complexity index is 648. The van der Waals surface area contributed by atoms with E-state index in [0.717, 1.165) is 0 Å². The van der Waals surface area contributed by atoms with Gasteiger partial charge in [-0.2, -0.15) is 0 Å². The van der Waals surface area contributed by atoms with E-state index in [1.807, 2.05) is 0 Å². The summed E-state index contributed by atoms with van der Waals surface area (Å²) in [6.07, 6.45) is -6.88. The lowest BCUT2D eigenvalue weighted by Gasteiger charge is -2.39. The summed E-state index contributed by atoms with van der Waals surface area (Å²) >= 11 is 0. The molecule has 10 heteroatoms. The van der Waals surface area contributed by atoms with Crippen molar-refractivity contribution in [2.45, 2.75) is 50.1 Å². The van der Waals surface area contributed by atoms with Gasteiger partial charge in [0.15, 0.2) is 0 Å². The van der Waals surface area contributed by atoms with Gasteiger partial charge in [-0.15, -0.1) is 0 Å². The second-order valence-corrected chi connectivity index (χ2v) is 6.25. The van der Waals surface area contributed by atoms with Crippen molar-refractivity contribution in [1.82, 2.24) is 5.32 Å². The van der Waals surface area contributed by atoms with Crippen molar-refractivity contribution in [2.24, 2.45) is 0 Å². The van der Waals surface area contributed by atoms with Crippen LogP contribution in [0.1, 0.15) is 12.5 Å². The van der Waals surface area contributed by atoms with Crippen LogP contribution in [0.25, 0.3) is 0 Å². The van der Waals surface area contributed by atoms with Crippen LogP contribution < -0.4 is 10.1 Å². The fraction of sp³-hybridized carbons (Fsp3) is 0.529. The van der Waals surface area contributed by atoms with Gasteiger partial charge in [-0.1, -0.05) is 12.1 Å². The molecular weight excluding hydrogens is 362 g/mol. The highest BCUT2D eigenvalue weighted by molar-refractivity contribution is 5.82. The third-order valence-electron chi connectivity index (χ3n) is 4.14. The number of aliphatic carboxylic acids is 1. The van der Waals surface area contributed by atoms with E-state index in [0.29, 0.717) is 5.56 Å². The predicted molar refractivity (Wildman–Crippen MR) is 89.8 cm³/mol. The van der Waals surface area contributed by atoms with Crippen LogP contribution in [0.15, 0.2) is 24.3 Å². The van der Waals surface area contributed by atoms with E-state index in [1.54, 1.807) is 12.1 Å². The first-order valence-electron chi connectivity index (χ1n) is 8.29. The minimum Gasteiger partial charge on any atom is -0.480 e. The fourth-order valence-corrected chi connectivity index (χ4v) is 2.68. The molecule has 0 aliphatic carbocycles. The maximum atomic E-state index is 11.2. The highest BCUT2D eigenvalue weighted by atomic mass is 16.7. The first-order valence-corrected chi connectivity index (χ1v) is 8.29. The normalized spacial score (nSPS) is 29.0. The smallest absolute Gasteiger partial charge is 0.326 e. The number of carbonyl (C=O) groups excluding carboxylic acids is 1. The maximum absolute atomic E-state index is 11.2. The minimum absolute atomic E-state index is 0.0647. The fourth-order valence-electron chi connectivity index (χ4n) is 2.68. The van der Waals surface area contributed by atoms with E-state index in [-0.39, 0.29) is 12.2 Å². The standard InChI is InChI=1S/C17H23NO9/c1-8(20)18-11(16(24)25)6-9-2-4-10(5-3-9)26-17-15(23)14(22)13(21)12(7-19)27-17/h2-5,11-15,17,19,21-23H,6-7H2,1H3,(H,18,20)(H,24,25)/t11-,12+,13+,14-,15+,17+/m0/s1. The van der Waals surface area contributed by atoms with Crippen LogP contribution in [0.5, 0.6) is 5.75 Å². The number of aliphatic hydroxyl groups excluding tert-OH is 4. The molecule has 0 unspecified atom stereocenters. The lowest BCUT2D eigenvalue weighted by molar-refractivity contribution is -0.277. The molecule has 1 aliphatic heterocycles. The number of rotatable bonds is 7. The van der Waals surface area contributed by atoms with Gasteiger partial charge >= 0.3 is 5.97 Å². The summed E-state index contributed by atoms with van der Waals surface area (Å²) in [6.45, 7) is 0.664. The molecule has 0 bridgehead atoms. The van der Waals surface area contributed by atoms with Gasteiger partial charge in [0.2, 0.25) is 12.2 Å². The van der Waals surface area contributed by atoms with Crippen LogP contribution in [-0.2, 0) is 20.7 Å². The van der Waals surface area contributed by atoms with Crippen molar-refractivity contribution in [2.75, 3.05) is 6.61 Å². The molecule has 0 spiro atoms. The molecule has 27 heavy (non-hydrogen) atoms. The van der Waals surface area contributed by atoms with E-state index < -0.39 is 55.2 Å². The Kier molecular flexibility index (Phi) is 7.11. The van der Waals surface area contributed by atoms with E-state index in [2.05, 4.69) is 5.32 Å². The number of carboxylic acid groups (broad SMARTS) is 1. The second kappa shape index (κ2) is 9.11. The van der Waals surface area contributed by atoms with Crippen LogP contribution in [-0.4, -0.2) is 80.8 Å². The summed E-state index contributed by atoms with van der Waals surface area (Å²) in [5.74, 6) is -1.36. The number of benzene rings is 1. The van der Waals surface area contributed by atoms with Gasteiger partial charge in [-0.25, -0.2) is 4.79 Å². The Labute approximate surface area is 155 Å². The third-order valence-corrected chi connectivity index (χ3v) is 4.14. The lowest BCUT2D eigenvalue weighted by atomic mass is 9.99. The average Bonchev–Trinajstić information content (AvgIpc) is 2.62. The second-order valence-electron chi connectivity index (χ2n) is 6.25. The molecule has 0 aromatic heterocycles. The van der Waals surface area contributed by atoms with Crippen molar-refractivity contribution >= 4 is 11.9 Å². The third kappa shape index (κ3) is 5.37. The number of aliphatic hydroxyl groups is 4.